The van der Waals surface area contributed by atoms with Gasteiger partial charge in [-0.1, -0.05) is 12.1 Å². The molecule has 0 radical (unpaired) electrons. The van der Waals surface area contributed by atoms with Crippen molar-refractivity contribution in [3.8, 4) is 17.0 Å². The molecule has 3 aromatic heterocycles. The van der Waals surface area contributed by atoms with Crippen molar-refractivity contribution in [3.63, 3.8) is 0 Å². The number of ether oxygens (including phenoxy) is 4. The maximum Gasteiger partial charge on any atom is 0.410 e. The maximum atomic E-state index is 14.5. The van der Waals surface area contributed by atoms with Gasteiger partial charge in [0.15, 0.2) is 0 Å². The van der Waals surface area contributed by atoms with Crippen molar-refractivity contribution in [2.75, 3.05) is 26.3 Å². The maximum absolute atomic E-state index is 14.5. The predicted octanol–water partition coefficient (Wildman–Crippen LogP) is 7.55. The third-order valence-electron chi connectivity index (χ3n) is 9.81. The summed E-state index contributed by atoms with van der Waals surface area (Å²) in [7, 11) is 2.06. The molecular weight excluding hydrogens is 618 g/mol. The smallest absolute Gasteiger partial charge is 0.410 e. The quantitative estimate of drug-likeness (QED) is 0.153. The number of aryl methyl sites for hydroxylation is 1. The molecule has 1 saturated heterocycles. The summed E-state index contributed by atoms with van der Waals surface area (Å²) in [6.07, 6.45) is 7.89. The Kier molecular flexibility index (Phi) is 8.56. The first-order valence-electron chi connectivity index (χ1n) is 16.9. The van der Waals surface area contributed by atoms with Gasteiger partial charge in [0.2, 0.25) is 5.88 Å². The Balaban J connectivity index is 0.773. The number of aromatic nitrogens is 3. The number of carbonyl (C=O) groups is 1. The summed E-state index contributed by atoms with van der Waals surface area (Å²) in [5.41, 5.74) is 3.84. The van der Waals surface area contributed by atoms with Gasteiger partial charge in [0.25, 0.3) is 5.92 Å². The first-order valence-corrected chi connectivity index (χ1v) is 16.9. The number of amides is 1. The highest BCUT2D eigenvalue weighted by Crippen LogP contribution is 2.50. The molecule has 9 nitrogen and oxygen atoms in total. The third kappa shape index (κ3) is 6.98. The summed E-state index contributed by atoms with van der Waals surface area (Å²) in [5.74, 6) is -2.33. The van der Waals surface area contributed by atoms with Crippen LogP contribution in [0.3, 0.4) is 0 Å². The summed E-state index contributed by atoms with van der Waals surface area (Å²) >= 11 is 0. The van der Waals surface area contributed by atoms with Crippen molar-refractivity contribution < 1.29 is 32.5 Å². The molecule has 0 bridgehead atoms. The van der Waals surface area contributed by atoms with Crippen molar-refractivity contribution in [1.82, 2.24) is 19.4 Å². The lowest BCUT2D eigenvalue weighted by Gasteiger charge is -2.58. The molecule has 1 aromatic carbocycles. The number of nitrogens with zero attached hydrogens (tertiary/aromatic N) is 4. The summed E-state index contributed by atoms with van der Waals surface area (Å²) in [4.78, 5) is 22.6. The molecule has 0 unspecified atom stereocenters. The number of benzene rings is 1. The van der Waals surface area contributed by atoms with E-state index in [0.29, 0.717) is 44.7 Å². The first kappa shape index (κ1) is 32.7. The lowest BCUT2D eigenvalue weighted by Crippen LogP contribution is -2.66. The van der Waals surface area contributed by atoms with E-state index in [-0.39, 0.29) is 49.3 Å². The number of hydrogen-bond acceptors (Lipinski definition) is 7. The van der Waals surface area contributed by atoms with Gasteiger partial charge < -0.3 is 28.4 Å². The van der Waals surface area contributed by atoms with Gasteiger partial charge in [0.1, 0.15) is 18.3 Å². The Bertz CT molecular complexity index is 1770. The summed E-state index contributed by atoms with van der Waals surface area (Å²) in [5, 5.41) is 2.31. The topological polar surface area (TPSA) is 87.9 Å². The zero-order chi connectivity index (χ0) is 33.7. The van der Waals surface area contributed by atoms with E-state index in [1.54, 1.807) is 4.90 Å². The summed E-state index contributed by atoms with van der Waals surface area (Å²) < 4.78 is 53.9. The summed E-state index contributed by atoms with van der Waals surface area (Å²) in [6, 6.07) is 12.3. The number of fused-ring (bicyclic) bond motifs is 3. The number of carbonyl (C=O) groups excluding carboxylic acids is 1. The van der Waals surface area contributed by atoms with Crippen LogP contribution in [-0.2, 0) is 21.3 Å². The van der Waals surface area contributed by atoms with Crippen molar-refractivity contribution >= 4 is 27.9 Å². The molecule has 1 aliphatic heterocycles. The first-order chi connectivity index (χ1) is 22.9. The van der Waals surface area contributed by atoms with E-state index in [1.807, 2.05) is 57.6 Å². The van der Waals surface area contributed by atoms with Crippen LogP contribution < -0.4 is 4.74 Å². The average molecular weight is 663 g/mol. The van der Waals surface area contributed by atoms with Crippen LogP contribution in [0.5, 0.6) is 5.88 Å². The number of likely N-dealkylation sites (tertiary alicyclic amines) is 1. The average Bonchev–Trinajstić information content (AvgIpc) is 3.26. The molecule has 3 fully saturated rings. The second kappa shape index (κ2) is 12.6. The van der Waals surface area contributed by atoms with E-state index in [0.717, 1.165) is 27.5 Å². The molecule has 3 aliphatic rings. The van der Waals surface area contributed by atoms with Crippen molar-refractivity contribution in [2.24, 2.45) is 12.5 Å². The minimum Gasteiger partial charge on any atom is -0.474 e. The molecule has 2 aliphatic carbocycles. The van der Waals surface area contributed by atoms with Crippen molar-refractivity contribution in [1.29, 1.82) is 0 Å². The van der Waals surface area contributed by atoms with Crippen LogP contribution >= 0.6 is 0 Å². The molecular formula is C37H44F2N4O5. The van der Waals surface area contributed by atoms with E-state index in [1.165, 1.54) is 5.39 Å². The van der Waals surface area contributed by atoms with Crippen LogP contribution in [0.1, 0.15) is 59.3 Å². The molecule has 1 amide bonds. The lowest BCUT2D eigenvalue weighted by atomic mass is 9.62. The highest BCUT2D eigenvalue weighted by molar-refractivity contribution is 6.08. The highest BCUT2D eigenvalue weighted by atomic mass is 19.3. The van der Waals surface area contributed by atoms with Gasteiger partial charge in [0, 0.05) is 97.9 Å². The predicted molar refractivity (Wildman–Crippen MR) is 178 cm³/mol. The number of hydrogen-bond donors (Lipinski definition) is 0. The third-order valence-corrected chi connectivity index (χ3v) is 9.81. The Labute approximate surface area is 279 Å². The second-order valence-corrected chi connectivity index (χ2v) is 14.9. The van der Waals surface area contributed by atoms with Gasteiger partial charge in [-0.05, 0) is 63.8 Å². The second-order valence-electron chi connectivity index (χ2n) is 14.9. The molecule has 2 saturated carbocycles. The molecule has 48 heavy (non-hydrogen) atoms. The van der Waals surface area contributed by atoms with E-state index >= 15 is 0 Å². The van der Waals surface area contributed by atoms with Gasteiger partial charge in [-0.3, -0.25) is 4.98 Å². The van der Waals surface area contributed by atoms with Gasteiger partial charge in [-0.25, -0.2) is 18.6 Å². The van der Waals surface area contributed by atoms with Crippen LogP contribution in [-0.4, -0.2) is 81.7 Å². The van der Waals surface area contributed by atoms with Crippen molar-refractivity contribution in [2.45, 2.75) is 89.1 Å². The molecule has 0 atom stereocenters. The normalized spacial score (nSPS) is 20.8. The molecule has 4 aromatic rings. The fourth-order valence-electron chi connectivity index (χ4n) is 7.17. The minimum absolute atomic E-state index is 0.000933. The van der Waals surface area contributed by atoms with E-state index in [9.17, 15) is 13.6 Å². The standard InChI is InChI=1S/C37H44F2N4O5/c1-35(2,3)48-34(44)43-21-36(22-43)17-28(18-36)46-23-37(38,39)11-5-13-45-26-15-27(16-26)47-33-9-7-25(19-41-33)24-6-8-29-30-20-40-12-10-31(30)42(4)32(29)14-24/h6-10,12,14,19-20,26-28H,5,11,13,15-18,21-23H2,1-4H3/t26-,27-. The monoisotopic (exact) mass is 662 g/mol. The molecule has 11 heteroatoms. The number of pyridine rings is 2. The SMILES string of the molecule is Cn1c2ccncc2c2ccc(-c3ccc(O[C@H]4C[C@H](OCCCC(F)(F)COC5CC6(C5)CN(C(=O)OC(C)(C)C)C6)C4)nc3)cc21. The van der Waals surface area contributed by atoms with Crippen LogP contribution in [0.25, 0.3) is 32.9 Å². The van der Waals surface area contributed by atoms with E-state index in [4.69, 9.17) is 18.9 Å². The Morgan fingerprint density at radius 3 is 2.44 bits per heavy atom. The van der Waals surface area contributed by atoms with Gasteiger partial charge in [-0.2, -0.15) is 0 Å². The minimum atomic E-state index is -2.89. The van der Waals surface area contributed by atoms with Crippen LogP contribution in [0.4, 0.5) is 13.6 Å². The summed E-state index contributed by atoms with van der Waals surface area (Å²) in [6.45, 7) is 6.43. The zero-order valence-electron chi connectivity index (χ0n) is 28.1. The molecule has 4 heterocycles. The zero-order valence-corrected chi connectivity index (χ0v) is 28.1. The number of halogens is 2. The van der Waals surface area contributed by atoms with Crippen LogP contribution in [0.15, 0.2) is 55.0 Å². The molecule has 7 rings (SSSR count). The molecule has 256 valence electrons. The van der Waals surface area contributed by atoms with Crippen LogP contribution in [0.2, 0.25) is 0 Å². The van der Waals surface area contributed by atoms with E-state index in [2.05, 4.69) is 39.8 Å². The van der Waals surface area contributed by atoms with Gasteiger partial charge in [0.05, 0.1) is 17.7 Å². The fourth-order valence-corrected chi connectivity index (χ4v) is 7.17. The van der Waals surface area contributed by atoms with Crippen LogP contribution in [0, 0.1) is 5.41 Å². The highest BCUT2D eigenvalue weighted by Gasteiger charge is 2.55. The van der Waals surface area contributed by atoms with Gasteiger partial charge >= 0.3 is 6.09 Å². The Hall–Kier alpha value is -3.83. The Morgan fingerprint density at radius 2 is 1.71 bits per heavy atom. The van der Waals surface area contributed by atoms with Crippen molar-refractivity contribution in [3.05, 3.63) is 55.0 Å². The van der Waals surface area contributed by atoms with E-state index < -0.39 is 18.1 Å². The fraction of sp³-hybridized carbons (Fsp3) is 0.541. The number of alkyl halides is 2. The Morgan fingerprint density at radius 1 is 0.938 bits per heavy atom. The molecule has 1 spiro atoms. The largest absolute Gasteiger partial charge is 0.474 e. The molecule has 0 N–H and O–H groups in total. The number of rotatable bonds is 11. The van der Waals surface area contributed by atoms with Gasteiger partial charge in [-0.15, -0.1) is 0 Å². The lowest BCUT2D eigenvalue weighted by molar-refractivity contribution is -0.179.